The van der Waals surface area contributed by atoms with Gasteiger partial charge in [0.15, 0.2) is 0 Å². The highest BCUT2D eigenvalue weighted by atomic mass is 16.7. The first kappa shape index (κ1) is 6.74. The molecule has 0 unspecified atom stereocenters. The molecule has 0 aromatic heterocycles. The topological polar surface area (TPSA) is 32.7 Å². The van der Waals surface area contributed by atoms with Gasteiger partial charge in [-0.3, -0.25) is 4.84 Å². The predicted octanol–water partition coefficient (Wildman–Crippen LogP) is -0.218. The lowest BCUT2D eigenvalue weighted by Gasteiger charge is -2.20. The predicted molar refractivity (Wildman–Crippen MR) is 33.8 cm³/mol. The van der Waals surface area contributed by atoms with Crippen LogP contribution in [0.5, 0.6) is 0 Å². The molecule has 0 amide bonds. The van der Waals surface area contributed by atoms with Crippen LogP contribution in [0.4, 0.5) is 0 Å². The molecule has 0 aliphatic carbocycles. The number of aliphatic hydroxyl groups excluding tert-OH is 1. The van der Waals surface area contributed by atoms with E-state index in [0.29, 0.717) is 13.2 Å². The van der Waals surface area contributed by atoms with Crippen LogP contribution in [0.15, 0.2) is 12.2 Å². The van der Waals surface area contributed by atoms with Crippen molar-refractivity contribution >= 4 is 0 Å². The third-order valence-electron chi connectivity index (χ3n) is 1.18. The highest BCUT2D eigenvalue weighted by molar-refractivity contribution is 4.86. The molecule has 0 aromatic rings. The van der Waals surface area contributed by atoms with Gasteiger partial charge in [-0.1, -0.05) is 12.2 Å². The summed E-state index contributed by atoms with van der Waals surface area (Å²) in [5, 5.41) is 10.2. The number of hydrogen-bond donors (Lipinski definition) is 1. The van der Waals surface area contributed by atoms with Crippen LogP contribution in [-0.4, -0.2) is 36.5 Å². The third-order valence-corrected chi connectivity index (χ3v) is 1.18. The van der Waals surface area contributed by atoms with E-state index in [1.807, 2.05) is 12.2 Å². The summed E-state index contributed by atoms with van der Waals surface area (Å²) in [7, 11) is 0. The van der Waals surface area contributed by atoms with Crippen molar-refractivity contribution in [1.29, 1.82) is 0 Å². The van der Waals surface area contributed by atoms with Crippen LogP contribution in [0.2, 0.25) is 0 Å². The molecule has 1 N–H and O–H groups in total. The molecule has 1 heterocycles. The summed E-state index contributed by atoms with van der Waals surface area (Å²) in [6.45, 7) is 2.19. The molecule has 3 nitrogen and oxygen atoms in total. The van der Waals surface area contributed by atoms with Gasteiger partial charge >= 0.3 is 0 Å². The molecule has 1 rings (SSSR count). The van der Waals surface area contributed by atoms with Crippen molar-refractivity contribution < 1.29 is 9.94 Å². The monoisotopic (exact) mass is 129 g/mol. The second kappa shape index (κ2) is 3.61. The zero-order valence-corrected chi connectivity index (χ0v) is 5.29. The van der Waals surface area contributed by atoms with Gasteiger partial charge in [0, 0.05) is 13.1 Å². The normalized spacial score (nSPS) is 20.6. The van der Waals surface area contributed by atoms with E-state index in [2.05, 4.69) is 0 Å². The second-order valence-electron chi connectivity index (χ2n) is 1.88. The van der Waals surface area contributed by atoms with Crippen molar-refractivity contribution in [3.8, 4) is 0 Å². The van der Waals surface area contributed by atoms with Crippen LogP contribution in [0.1, 0.15) is 0 Å². The van der Waals surface area contributed by atoms with E-state index in [0.717, 1.165) is 6.54 Å². The van der Waals surface area contributed by atoms with Crippen LogP contribution in [-0.2, 0) is 4.84 Å². The van der Waals surface area contributed by atoms with Crippen molar-refractivity contribution in [2.24, 2.45) is 0 Å². The van der Waals surface area contributed by atoms with Crippen molar-refractivity contribution in [2.75, 3.05) is 26.3 Å². The van der Waals surface area contributed by atoms with E-state index in [-0.39, 0.29) is 6.61 Å². The SMILES string of the molecule is OCCN1CC=CCO1. The molecule has 0 bridgehead atoms. The summed E-state index contributed by atoms with van der Waals surface area (Å²) in [6, 6.07) is 0. The average Bonchev–Trinajstić information content (AvgIpc) is 1.91. The maximum Gasteiger partial charge on any atom is 0.0867 e. The molecular formula is C6H11NO2. The molecule has 0 saturated carbocycles. The Morgan fingerprint density at radius 1 is 1.56 bits per heavy atom. The molecule has 0 aromatic carbocycles. The summed E-state index contributed by atoms with van der Waals surface area (Å²) in [4.78, 5) is 5.10. The molecule has 9 heavy (non-hydrogen) atoms. The lowest BCUT2D eigenvalue weighted by atomic mass is 10.4. The van der Waals surface area contributed by atoms with Crippen molar-refractivity contribution in [2.45, 2.75) is 0 Å². The first-order valence-corrected chi connectivity index (χ1v) is 3.07. The van der Waals surface area contributed by atoms with Crippen LogP contribution >= 0.6 is 0 Å². The number of hydrogen-bond acceptors (Lipinski definition) is 3. The van der Waals surface area contributed by atoms with Gasteiger partial charge in [0.25, 0.3) is 0 Å². The van der Waals surface area contributed by atoms with Crippen molar-refractivity contribution in [3.05, 3.63) is 12.2 Å². The molecule has 0 saturated heterocycles. The van der Waals surface area contributed by atoms with Gasteiger partial charge in [0.05, 0.1) is 13.2 Å². The minimum atomic E-state index is 0.161. The number of hydroxylamine groups is 2. The quantitative estimate of drug-likeness (QED) is 0.523. The summed E-state index contributed by atoms with van der Waals surface area (Å²) < 4.78 is 0. The second-order valence-corrected chi connectivity index (χ2v) is 1.88. The summed E-state index contributed by atoms with van der Waals surface area (Å²) >= 11 is 0. The van der Waals surface area contributed by atoms with Gasteiger partial charge in [-0.15, -0.1) is 0 Å². The Hall–Kier alpha value is -0.380. The van der Waals surface area contributed by atoms with Gasteiger partial charge in [0.2, 0.25) is 0 Å². The first-order valence-electron chi connectivity index (χ1n) is 3.07. The molecule has 0 atom stereocenters. The number of aliphatic hydroxyl groups is 1. The minimum absolute atomic E-state index is 0.161. The Morgan fingerprint density at radius 3 is 3.00 bits per heavy atom. The van der Waals surface area contributed by atoms with E-state index < -0.39 is 0 Å². The van der Waals surface area contributed by atoms with Gasteiger partial charge in [-0.05, 0) is 0 Å². The molecule has 0 radical (unpaired) electrons. The standard InChI is InChI=1S/C6H11NO2/c8-5-4-7-3-1-2-6-9-7/h1-2,8H,3-6H2. The number of β-amino-alcohol motifs (C(OH)–C–C–N with tert-alkyl or cyclic N) is 1. The minimum Gasteiger partial charge on any atom is -0.395 e. The molecule has 0 spiro atoms. The Labute approximate surface area is 54.5 Å². The summed E-state index contributed by atoms with van der Waals surface area (Å²) in [5.74, 6) is 0. The largest absolute Gasteiger partial charge is 0.395 e. The summed E-state index contributed by atoms with van der Waals surface area (Å²) in [6.07, 6.45) is 3.99. The van der Waals surface area contributed by atoms with Gasteiger partial charge < -0.3 is 5.11 Å². The number of nitrogens with zero attached hydrogens (tertiary/aromatic N) is 1. The van der Waals surface area contributed by atoms with Gasteiger partial charge in [-0.2, -0.15) is 5.06 Å². The lowest BCUT2D eigenvalue weighted by molar-refractivity contribution is -0.151. The Balaban J connectivity index is 2.18. The van der Waals surface area contributed by atoms with Crippen LogP contribution in [0.25, 0.3) is 0 Å². The summed E-state index contributed by atoms with van der Waals surface area (Å²) in [5.41, 5.74) is 0. The maximum atomic E-state index is 8.47. The van der Waals surface area contributed by atoms with Crippen LogP contribution < -0.4 is 0 Å². The van der Waals surface area contributed by atoms with E-state index in [1.54, 1.807) is 5.06 Å². The molecule has 1 aliphatic rings. The first-order chi connectivity index (χ1) is 4.43. The zero-order chi connectivity index (χ0) is 6.53. The smallest absolute Gasteiger partial charge is 0.0867 e. The van der Waals surface area contributed by atoms with Crippen LogP contribution in [0, 0.1) is 0 Å². The van der Waals surface area contributed by atoms with Gasteiger partial charge in [-0.25, -0.2) is 0 Å². The van der Waals surface area contributed by atoms with E-state index in [4.69, 9.17) is 9.94 Å². The van der Waals surface area contributed by atoms with Crippen molar-refractivity contribution in [3.63, 3.8) is 0 Å². The highest BCUT2D eigenvalue weighted by Crippen LogP contribution is 1.96. The fourth-order valence-corrected chi connectivity index (χ4v) is 0.729. The molecule has 52 valence electrons. The molecular weight excluding hydrogens is 118 g/mol. The molecule has 0 fully saturated rings. The average molecular weight is 129 g/mol. The maximum absolute atomic E-state index is 8.47. The van der Waals surface area contributed by atoms with E-state index in [9.17, 15) is 0 Å². The van der Waals surface area contributed by atoms with E-state index >= 15 is 0 Å². The Morgan fingerprint density at radius 2 is 2.44 bits per heavy atom. The third kappa shape index (κ3) is 2.13. The fourth-order valence-electron chi connectivity index (χ4n) is 0.729. The molecule has 3 heteroatoms. The number of rotatable bonds is 2. The van der Waals surface area contributed by atoms with Crippen molar-refractivity contribution in [1.82, 2.24) is 5.06 Å². The fraction of sp³-hybridized carbons (Fsp3) is 0.667. The van der Waals surface area contributed by atoms with Gasteiger partial charge in [0.1, 0.15) is 0 Å². The van der Waals surface area contributed by atoms with E-state index in [1.165, 1.54) is 0 Å². The highest BCUT2D eigenvalue weighted by Gasteiger charge is 2.03. The Kier molecular flexibility index (Phi) is 2.70. The van der Waals surface area contributed by atoms with Crippen LogP contribution in [0.3, 0.4) is 0 Å². The Bertz CT molecular complexity index is 103. The zero-order valence-electron chi connectivity index (χ0n) is 5.29. The molecule has 1 aliphatic heterocycles. The lowest BCUT2D eigenvalue weighted by Crippen LogP contribution is -2.29.